The number of aliphatic hydroxyl groups excluding tert-OH is 1. The smallest absolute Gasteiger partial charge is 0.174 e. The third-order valence-corrected chi connectivity index (χ3v) is 5.51. The van der Waals surface area contributed by atoms with E-state index in [0.29, 0.717) is 37.6 Å². The van der Waals surface area contributed by atoms with Crippen LogP contribution in [0.25, 0.3) is 11.0 Å². The van der Waals surface area contributed by atoms with Gasteiger partial charge in [-0.3, -0.25) is 10.00 Å². The normalized spacial score (nSPS) is 18.2. The van der Waals surface area contributed by atoms with E-state index in [1.807, 2.05) is 0 Å². The molecule has 1 saturated heterocycles. The molecule has 4 N–H and O–H groups in total. The average Bonchev–Trinajstić information content (AvgIpc) is 3.13. The molecule has 0 radical (unpaired) electrons. The Labute approximate surface area is 168 Å². The number of rotatable bonds is 7. The molecule has 1 aromatic carbocycles. The minimum Gasteiger partial charge on any atom is -0.390 e. The van der Waals surface area contributed by atoms with Crippen LogP contribution in [0.1, 0.15) is 11.1 Å². The summed E-state index contributed by atoms with van der Waals surface area (Å²) in [5.41, 5.74) is 4.23. The summed E-state index contributed by atoms with van der Waals surface area (Å²) in [6.07, 6.45) is 2.05. The van der Waals surface area contributed by atoms with Gasteiger partial charge in [-0.25, -0.2) is 9.97 Å². The summed E-state index contributed by atoms with van der Waals surface area (Å²) in [7, 11) is 0. The molecule has 0 bridgehead atoms. The Morgan fingerprint density at radius 3 is 2.90 bits per heavy atom. The fraction of sp³-hybridized carbons (Fsp3) is 0.450. The van der Waals surface area contributed by atoms with Crippen molar-refractivity contribution >= 4 is 22.7 Å². The monoisotopic (exact) mass is 395 g/mol. The number of hydrogen-bond donors (Lipinski definition) is 4. The summed E-state index contributed by atoms with van der Waals surface area (Å²) < 4.78 is 5.20. The second-order valence-corrected chi connectivity index (χ2v) is 7.69. The number of benzene rings is 1. The Balaban J connectivity index is 1.19. The minimum absolute atomic E-state index is 0.268. The molecule has 3 aromatic rings. The van der Waals surface area contributed by atoms with Crippen LogP contribution in [0.3, 0.4) is 0 Å². The van der Waals surface area contributed by atoms with Crippen molar-refractivity contribution in [1.29, 1.82) is 0 Å². The van der Waals surface area contributed by atoms with E-state index in [-0.39, 0.29) is 6.04 Å². The molecule has 0 amide bonds. The van der Waals surface area contributed by atoms with Crippen LogP contribution in [-0.4, -0.2) is 75.2 Å². The lowest BCUT2D eigenvalue weighted by Crippen LogP contribution is -2.40. The van der Waals surface area contributed by atoms with Gasteiger partial charge < -0.3 is 20.5 Å². The van der Waals surface area contributed by atoms with Gasteiger partial charge in [0, 0.05) is 26.2 Å². The number of aliphatic hydroxyl groups is 1. The number of β-amino-alcohol motifs (C(OH)–C–C–N with tert-alkyl or cyclic N) is 1. The van der Waals surface area contributed by atoms with Crippen LogP contribution in [-0.2, 0) is 17.7 Å². The molecule has 1 atom stereocenters. The first-order valence-corrected chi connectivity index (χ1v) is 10.0. The second kappa shape index (κ2) is 7.94. The van der Waals surface area contributed by atoms with Gasteiger partial charge in [-0.05, 0) is 17.5 Å². The van der Waals surface area contributed by atoms with Gasteiger partial charge in [0.25, 0.3) is 0 Å². The summed E-state index contributed by atoms with van der Waals surface area (Å²) in [5, 5.41) is 24.4. The van der Waals surface area contributed by atoms with Crippen molar-refractivity contribution in [2.45, 2.75) is 25.1 Å². The van der Waals surface area contributed by atoms with E-state index < -0.39 is 6.10 Å². The maximum absolute atomic E-state index is 10.5. The average molecular weight is 395 g/mol. The standard InChI is InChI=1S/C20H25N7O2/c28-16(9-27-6-5-13-3-1-2-4-14(13)8-27)7-21-20-17-18(25-26-20)19(23-12-22-17)24-15-10-29-11-15/h1-4,12,15-16,28H,5-11H2,(H2,21,25,26)(H,22,23,24). The lowest BCUT2D eigenvalue weighted by molar-refractivity contribution is 0.0210. The first-order chi connectivity index (χ1) is 14.3. The highest BCUT2D eigenvalue weighted by atomic mass is 16.5. The van der Waals surface area contributed by atoms with Crippen molar-refractivity contribution in [3.63, 3.8) is 0 Å². The molecule has 2 aliphatic rings. The summed E-state index contributed by atoms with van der Waals surface area (Å²) in [6, 6.07) is 8.79. The zero-order valence-corrected chi connectivity index (χ0v) is 16.1. The molecule has 5 rings (SSSR count). The Morgan fingerprint density at radius 1 is 1.21 bits per heavy atom. The van der Waals surface area contributed by atoms with Crippen LogP contribution in [0.4, 0.5) is 11.6 Å². The van der Waals surface area contributed by atoms with Crippen LogP contribution in [0.15, 0.2) is 30.6 Å². The van der Waals surface area contributed by atoms with Gasteiger partial charge in [0.2, 0.25) is 0 Å². The van der Waals surface area contributed by atoms with E-state index in [1.165, 1.54) is 17.5 Å². The molecule has 9 nitrogen and oxygen atoms in total. The van der Waals surface area contributed by atoms with Crippen LogP contribution in [0.2, 0.25) is 0 Å². The van der Waals surface area contributed by atoms with Crippen LogP contribution in [0.5, 0.6) is 0 Å². The Bertz CT molecular complexity index is 988. The van der Waals surface area contributed by atoms with E-state index in [0.717, 1.165) is 30.8 Å². The molecule has 0 spiro atoms. The quantitative estimate of drug-likeness (QED) is 0.469. The maximum atomic E-state index is 10.5. The molecule has 1 unspecified atom stereocenters. The summed E-state index contributed by atoms with van der Waals surface area (Å²) in [5.74, 6) is 1.34. The second-order valence-electron chi connectivity index (χ2n) is 7.69. The summed E-state index contributed by atoms with van der Waals surface area (Å²) >= 11 is 0. The first kappa shape index (κ1) is 18.3. The lowest BCUT2D eigenvalue weighted by Gasteiger charge is -2.30. The first-order valence-electron chi connectivity index (χ1n) is 10.0. The molecule has 9 heteroatoms. The van der Waals surface area contributed by atoms with Crippen molar-refractivity contribution < 1.29 is 9.84 Å². The van der Waals surface area contributed by atoms with Crippen molar-refractivity contribution in [2.75, 3.05) is 43.5 Å². The molecule has 0 saturated carbocycles. The van der Waals surface area contributed by atoms with E-state index >= 15 is 0 Å². The number of hydrogen-bond acceptors (Lipinski definition) is 8. The molecular weight excluding hydrogens is 370 g/mol. The molecule has 4 heterocycles. The number of anilines is 2. The zero-order valence-electron chi connectivity index (χ0n) is 16.1. The lowest BCUT2D eigenvalue weighted by atomic mass is 10.00. The van der Waals surface area contributed by atoms with Crippen molar-refractivity contribution in [2.24, 2.45) is 0 Å². The largest absolute Gasteiger partial charge is 0.390 e. The molecule has 2 aliphatic heterocycles. The number of aromatic amines is 1. The van der Waals surface area contributed by atoms with Crippen molar-refractivity contribution in [1.82, 2.24) is 25.1 Å². The fourth-order valence-corrected chi connectivity index (χ4v) is 3.87. The number of nitrogens with one attached hydrogen (secondary N) is 3. The van der Waals surface area contributed by atoms with Gasteiger partial charge in [0.05, 0.1) is 25.4 Å². The summed E-state index contributed by atoms with van der Waals surface area (Å²) in [4.78, 5) is 10.9. The SMILES string of the molecule is OC(CNc1n[nH]c2c(NC3COC3)ncnc12)CN1CCc2ccccc2C1. The van der Waals surface area contributed by atoms with Crippen LogP contribution >= 0.6 is 0 Å². The number of aromatic nitrogens is 4. The number of H-pyrrole nitrogens is 1. The summed E-state index contributed by atoms with van der Waals surface area (Å²) in [6.45, 7) is 4.22. The van der Waals surface area contributed by atoms with Gasteiger partial charge in [0.1, 0.15) is 17.4 Å². The van der Waals surface area contributed by atoms with E-state index in [1.54, 1.807) is 0 Å². The van der Waals surface area contributed by atoms with Crippen molar-refractivity contribution in [3.8, 4) is 0 Å². The van der Waals surface area contributed by atoms with Crippen molar-refractivity contribution in [3.05, 3.63) is 41.7 Å². The molecular formula is C20H25N7O2. The fourth-order valence-electron chi connectivity index (χ4n) is 3.87. The van der Waals surface area contributed by atoms with Gasteiger partial charge in [0.15, 0.2) is 11.6 Å². The predicted molar refractivity (Wildman–Crippen MR) is 110 cm³/mol. The number of ether oxygens (including phenoxy) is 1. The molecule has 0 aliphatic carbocycles. The molecule has 29 heavy (non-hydrogen) atoms. The zero-order chi connectivity index (χ0) is 19.6. The predicted octanol–water partition coefficient (Wildman–Crippen LogP) is 0.995. The number of fused-ring (bicyclic) bond motifs is 2. The number of nitrogens with zero attached hydrogens (tertiary/aromatic N) is 4. The molecule has 1 fully saturated rings. The van der Waals surface area contributed by atoms with Crippen LogP contribution < -0.4 is 10.6 Å². The molecule has 2 aromatic heterocycles. The highest BCUT2D eigenvalue weighted by Crippen LogP contribution is 2.24. The van der Waals surface area contributed by atoms with Gasteiger partial charge in [-0.15, -0.1) is 0 Å². The third-order valence-electron chi connectivity index (χ3n) is 5.51. The minimum atomic E-state index is -0.501. The Hall–Kier alpha value is -2.75. The topological polar surface area (TPSA) is 111 Å². The van der Waals surface area contributed by atoms with Gasteiger partial charge in [-0.1, -0.05) is 24.3 Å². The van der Waals surface area contributed by atoms with Crippen LogP contribution in [0, 0.1) is 0 Å². The Morgan fingerprint density at radius 2 is 2.07 bits per heavy atom. The van der Waals surface area contributed by atoms with E-state index in [9.17, 15) is 5.11 Å². The molecule has 152 valence electrons. The third kappa shape index (κ3) is 3.89. The maximum Gasteiger partial charge on any atom is 0.174 e. The van der Waals surface area contributed by atoms with Gasteiger partial charge in [-0.2, -0.15) is 5.10 Å². The highest BCUT2D eigenvalue weighted by molar-refractivity contribution is 5.92. The van der Waals surface area contributed by atoms with E-state index in [4.69, 9.17) is 4.74 Å². The highest BCUT2D eigenvalue weighted by Gasteiger charge is 2.22. The van der Waals surface area contributed by atoms with E-state index in [2.05, 4.69) is 60.0 Å². The van der Waals surface area contributed by atoms with Gasteiger partial charge >= 0.3 is 0 Å². The Kier molecular flexibility index (Phi) is 5.01.